The molecule has 0 saturated heterocycles. The second kappa shape index (κ2) is 14.1. The number of esters is 1. The van der Waals surface area contributed by atoms with Crippen molar-refractivity contribution in [3.8, 4) is 0 Å². The molecule has 1 heterocycles. The maximum absolute atomic E-state index is 10.9. The van der Waals surface area contributed by atoms with Crippen LogP contribution in [0, 0.1) is 0 Å². The Kier molecular flexibility index (Phi) is 13.9. The standard InChI is InChI=1S/C9H16O4S.C3H4S2/c1-2-5-13-9(12)4-7-14-6-3-8(10)11;1-2-4-5-3-1/h2-7H2,1H3,(H,10,11);1-2H,3H2. The summed E-state index contributed by atoms with van der Waals surface area (Å²) in [4.78, 5) is 21.1. The topological polar surface area (TPSA) is 63.6 Å². The van der Waals surface area contributed by atoms with Gasteiger partial charge < -0.3 is 9.84 Å². The lowest BCUT2D eigenvalue weighted by Gasteiger charge is -2.02. The number of carbonyl (C=O) groups excluding carboxylic acids is 1. The van der Waals surface area contributed by atoms with E-state index in [2.05, 4.69) is 11.5 Å². The predicted molar refractivity (Wildman–Crippen MR) is 84.6 cm³/mol. The lowest BCUT2D eigenvalue weighted by molar-refractivity contribution is -0.143. The van der Waals surface area contributed by atoms with Crippen LogP contribution in [0.5, 0.6) is 0 Å². The van der Waals surface area contributed by atoms with Crippen molar-refractivity contribution in [2.24, 2.45) is 0 Å². The summed E-state index contributed by atoms with van der Waals surface area (Å²) >= 11 is 1.46. The first-order chi connectivity index (χ1) is 9.16. The fraction of sp³-hybridized carbons (Fsp3) is 0.667. The molecule has 4 nitrogen and oxygen atoms in total. The summed E-state index contributed by atoms with van der Waals surface area (Å²) in [5, 5.41) is 10.4. The Hall–Kier alpha value is -0.270. The zero-order valence-electron chi connectivity index (χ0n) is 11.0. The summed E-state index contributed by atoms with van der Waals surface area (Å²) in [5.41, 5.74) is 0. The molecule has 0 aromatic carbocycles. The second-order valence-electron chi connectivity index (χ2n) is 3.48. The summed E-state index contributed by atoms with van der Waals surface area (Å²) in [6.45, 7) is 2.41. The Morgan fingerprint density at radius 3 is 2.58 bits per heavy atom. The summed E-state index contributed by atoms with van der Waals surface area (Å²) in [6, 6.07) is 0. The van der Waals surface area contributed by atoms with E-state index in [-0.39, 0.29) is 12.4 Å². The van der Waals surface area contributed by atoms with E-state index in [4.69, 9.17) is 9.84 Å². The Labute approximate surface area is 126 Å². The number of carboxylic acids is 1. The van der Waals surface area contributed by atoms with Crippen molar-refractivity contribution in [2.45, 2.75) is 26.2 Å². The van der Waals surface area contributed by atoms with E-state index in [1.165, 1.54) is 17.5 Å². The lowest BCUT2D eigenvalue weighted by Crippen LogP contribution is -2.06. The average molecular weight is 324 g/mol. The normalized spacial score (nSPS) is 12.7. The Balaban J connectivity index is 0.000000532. The highest BCUT2D eigenvalue weighted by atomic mass is 33.1. The molecule has 0 spiro atoms. The first-order valence-corrected chi connectivity index (χ1v) is 9.59. The maximum atomic E-state index is 10.9. The molecule has 0 aromatic heterocycles. The molecule has 0 radical (unpaired) electrons. The van der Waals surface area contributed by atoms with E-state index >= 15 is 0 Å². The van der Waals surface area contributed by atoms with Crippen LogP contribution in [0.25, 0.3) is 0 Å². The van der Waals surface area contributed by atoms with Gasteiger partial charge in [-0.3, -0.25) is 9.59 Å². The number of hydrogen-bond donors (Lipinski definition) is 1. The summed E-state index contributed by atoms with van der Waals surface area (Å²) in [6.07, 6.45) is 3.51. The first-order valence-electron chi connectivity index (χ1n) is 6.05. The molecule has 0 aromatic rings. The highest BCUT2D eigenvalue weighted by Gasteiger charge is 2.02. The molecule has 1 N–H and O–H groups in total. The fourth-order valence-electron chi connectivity index (χ4n) is 0.902. The number of carboxylic acid groups (broad SMARTS) is 1. The van der Waals surface area contributed by atoms with Crippen molar-refractivity contribution in [3.63, 3.8) is 0 Å². The van der Waals surface area contributed by atoms with Gasteiger partial charge in [-0.15, -0.1) is 0 Å². The van der Waals surface area contributed by atoms with Crippen molar-refractivity contribution in [2.75, 3.05) is 23.9 Å². The molecule has 0 fully saturated rings. The van der Waals surface area contributed by atoms with Crippen molar-refractivity contribution in [1.82, 2.24) is 0 Å². The minimum absolute atomic E-state index is 0.147. The largest absolute Gasteiger partial charge is 0.481 e. The summed E-state index contributed by atoms with van der Waals surface area (Å²) in [5.74, 6) is 1.39. The zero-order chi connectivity index (χ0) is 14.3. The van der Waals surface area contributed by atoms with Crippen molar-refractivity contribution in [3.05, 3.63) is 11.5 Å². The summed E-state index contributed by atoms with van der Waals surface area (Å²) < 4.78 is 4.85. The zero-order valence-corrected chi connectivity index (χ0v) is 13.5. The number of thioether (sulfide) groups is 1. The minimum atomic E-state index is -0.800. The molecule has 0 unspecified atom stereocenters. The van der Waals surface area contributed by atoms with Crippen LogP contribution < -0.4 is 0 Å². The molecule has 1 rings (SSSR count). The van der Waals surface area contributed by atoms with E-state index < -0.39 is 5.97 Å². The van der Waals surface area contributed by atoms with Gasteiger partial charge in [0.25, 0.3) is 0 Å². The third-order valence-corrected chi connectivity index (χ3v) is 4.67. The molecule has 1 aliphatic heterocycles. The average Bonchev–Trinajstić information content (AvgIpc) is 2.94. The number of carbonyl (C=O) groups is 2. The lowest BCUT2D eigenvalue weighted by atomic mass is 10.5. The Bertz CT molecular complexity index is 276. The Morgan fingerprint density at radius 2 is 2.11 bits per heavy atom. The van der Waals surface area contributed by atoms with Crippen molar-refractivity contribution >= 4 is 45.3 Å². The van der Waals surface area contributed by atoms with Gasteiger partial charge in [0.15, 0.2) is 0 Å². The fourth-order valence-corrected chi connectivity index (χ4v) is 3.31. The molecule has 0 saturated carbocycles. The second-order valence-corrected chi connectivity index (χ2v) is 7.02. The molecule has 110 valence electrons. The number of ether oxygens (including phenoxy) is 1. The van der Waals surface area contributed by atoms with Gasteiger partial charge in [-0.1, -0.05) is 34.6 Å². The van der Waals surface area contributed by atoms with E-state index in [0.29, 0.717) is 24.5 Å². The number of aliphatic carboxylic acids is 1. The smallest absolute Gasteiger partial charge is 0.306 e. The number of rotatable bonds is 8. The van der Waals surface area contributed by atoms with Crippen LogP contribution in [0.4, 0.5) is 0 Å². The van der Waals surface area contributed by atoms with Gasteiger partial charge in [0.1, 0.15) is 0 Å². The van der Waals surface area contributed by atoms with Crippen molar-refractivity contribution < 1.29 is 19.4 Å². The van der Waals surface area contributed by atoms with E-state index in [9.17, 15) is 9.59 Å². The predicted octanol–water partition coefficient (Wildman–Crippen LogP) is 3.43. The van der Waals surface area contributed by atoms with Crippen LogP contribution in [-0.2, 0) is 14.3 Å². The minimum Gasteiger partial charge on any atom is -0.481 e. The third kappa shape index (κ3) is 15.7. The molecule has 0 atom stereocenters. The van der Waals surface area contributed by atoms with Crippen LogP contribution in [-0.4, -0.2) is 40.9 Å². The molecule has 7 heteroatoms. The van der Waals surface area contributed by atoms with Gasteiger partial charge in [0.05, 0.1) is 19.4 Å². The molecule has 0 bridgehead atoms. The monoisotopic (exact) mass is 324 g/mol. The Morgan fingerprint density at radius 1 is 1.37 bits per heavy atom. The molecular weight excluding hydrogens is 304 g/mol. The van der Waals surface area contributed by atoms with Crippen LogP contribution in [0.15, 0.2) is 11.5 Å². The van der Waals surface area contributed by atoms with E-state index in [1.54, 1.807) is 0 Å². The van der Waals surface area contributed by atoms with Gasteiger partial charge in [-0.25, -0.2) is 0 Å². The number of hydrogen-bond acceptors (Lipinski definition) is 6. The molecule has 19 heavy (non-hydrogen) atoms. The first kappa shape index (κ1) is 18.7. The van der Waals surface area contributed by atoms with Crippen LogP contribution >= 0.6 is 33.3 Å². The molecular formula is C12H20O4S3. The van der Waals surface area contributed by atoms with Gasteiger partial charge in [0.2, 0.25) is 0 Å². The van der Waals surface area contributed by atoms with E-state index in [0.717, 1.165) is 6.42 Å². The van der Waals surface area contributed by atoms with Gasteiger partial charge in [-0.2, -0.15) is 11.8 Å². The third-order valence-electron chi connectivity index (χ3n) is 1.76. The van der Waals surface area contributed by atoms with Gasteiger partial charge >= 0.3 is 11.9 Å². The summed E-state index contributed by atoms with van der Waals surface area (Å²) in [7, 11) is 3.69. The van der Waals surface area contributed by atoms with Crippen LogP contribution in [0.1, 0.15) is 26.2 Å². The van der Waals surface area contributed by atoms with Gasteiger partial charge in [0, 0.05) is 17.3 Å². The molecule has 0 aliphatic carbocycles. The van der Waals surface area contributed by atoms with Crippen molar-refractivity contribution in [1.29, 1.82) is 0 Å². The highest BCUT2D eigenvalue weighted by Crippen LogP contribution is 2.27. The SMILES string of the molecule is C1=CSSC1.CCCOC(=O)CCSCCC(=O)O. The van der Waals surface area contributed by atoms with Crippen LogP contribution in [0.2, 0.25) is 0 Å². The molecule has 0 amide bonds. The van der Waals surface area contributed by atoms with Gasteiger partial charge in [-0.05, 0) is 11.8 Å². The quantitative estimate of drug-likeness (QED) is 0.417. The molecule has 1 aliphatic rings. The maximum Gasteiger partial charge on any atom is 0.306 e. The van der Waals surface area contributed by atoms with Crippen LogP contribution in [0.3, 0.4) is 0 Å². The van der Waals surface area contributed by atoms with E-state index in [1.807, 2.05) is 28.5 Å². The highest BCUT2D eigenvalue weighted by molar-refractivity contribution is 8.78.